The SMILES string of the molecule is COc1ccc(-c2coc3cc(OC(C)=O)c(OC)c(OC(C)=O)c3c2=O)c(OC)c1. The van der Waals surface area contributed by atoms with Gasteiger partial charge in [0.1, 0.15) is 28.7 Å². The summed E-state index contributed by atoms with van der Waals surface area (Å²) in [5.74, 6) is -0.782. The van der Waals surface area contributed by atoms with Crippen molar-refractivity contribution in [1.29, 1.82) is 0 Å². The molecule has 31 heavy (non-hydrogen) atoms. The van der Waals surface area contributed by atoms with E-state index in [4.69, 9.17) is 28.1 Å². The topological polar surface area (TPSA) is 111 Å². The van der Waals surface area contributed by atoms with E-state index in [1.807, 2.05) is 0 Å². The van der Waals surface area contributed by atoms with Crippen molar-refractivity contribution in [2.75, 3.05) is 21.3 Å². The lowest BCUT2D eigenvalue weighted by Crippen LogP contribution is -2.12. The van der Waals surface area contributed by atoms with Crippen LogP contribution in [-0.2, 0) is 9.59 Å². The minimum Gasteiger partial charge on any atom is -0.497 e. The third kappa shape index (κ3) is 4.16. The van der Waals surface area contributed by atoms with Crippen LogP contribution in [0.4, 0.5) is 0 Å². The molecule has 0 amide bonds. The van der Waals surface area contributed by atoms with Crippen molar-refractivity contribution in [3.05, 3.63) is 40.8 Å². The molecule has 9 nitrogen and oxygen atoms in total. The summed E-state index contributed by atoms with van der Waals surface area (Å²) in [5.41, 5.74) is 0.126. The predicted molar refractivity (Wildman–Crippen MR) is 110 cm³/mol. The van der Waals surface area contributed by atoms with E-state index in [0.29, 0.717) is 17.1 Å². The third-order valence-electron chi connectivity index (χ3n) is 4.34. The number of fused-ring (bicyclic) bond motifs is 1. The average Bonchev–Trinajstić information content (AvgIpc) is 2.72. The maximum absolute atomic E-state index is 13.5. The molecule has 0 N–H and O–H groups in total. The zero-order chi connectivity index (χ0) is 22.7. The van der Waals surface area contributed by atoms with Crippen LogP contribution in [0, 0.1) is 0 Å². The molecule has 0 atom stereocenters. The van der Waals surface area contributed by atoms with Gasteiger partial charge in [0.15, 0.2) is 11.5 Å². The number of carbonyl (C=O) groups is 2. The Morgan fingerprint density at radius 2 is 1.52 bits per heavy atom. The largest absolute Gasteiger partial charge is 0.497 e. The van der Waals surface area contributed by atoms with E-state index < -0.39 is 17.4 Å². The summed E-state index contributed by atoms with van der Waals surface area (Å²) < 4.78 is 31.9. The van der Waals surface area contributed by atoms with Crippen molar-refractivity contribution in [3.8, 4) is 39.9 Å². The standard InChI is InChI=1S/C22H20O9/c1-11(23)30-18-9-17-19(22(21(18)28-5)31-12(2)24)20(25)15(10-29-17)14-7-6-13(26-3)8-16(14)27-4/h6-10H,1-5H3. The van der Waals surface area contributed by atoms with Crippen molar-refractivity contribution >= 4 is 22.9 Å². The molecule has 0 aliphatic rings. The molecule has 0 aliphatic carbocycles. The van der Waals surface area contributed by atoms with Gasteiger partial charge in [-0.1, -0.05) is 0 Å². The van der Waals surface area contributed by atoms with E-state index in [-0.39, 0.29) is 33.8 Å². The molecule has 0 spiro atoms. The Morgan fingerprint density at radius 1 is 0.806 bits per heavy atom. The minimum atomic E-state index is -0.702. The van der Waals surface area contributed by atoms with Gasteiger partial charge in [-0.05, 0) is 12.1 Å². The van der Waals surface area contributed by atoms with Crippen LogP contribution in [0.5, 0.6) is 28.7 Å². The van der Waals surface area contributed by atoms with Crippen LogP contribution in [-0.4, -0.2) is 33.3 Å². The van der Waals surface area contributed by atoms with Crippen molar-refractivity contribution in [2.45, 2.75) is 13.8 Å². The van der Waals surface area contributed by atoms with Gasteiger partial charge in [-0.3, -0.25) is 14.4 Å². The first-order chi connectivity index (χ1) is 14.8. The van der Waals surface area contributed by atoms with Crippen LogP contribution in [0.2, 0.25) is 0 Å². The summed E-state index contributed by atoms with van der Waals surface area (Å²) in [5, 5.41) is -0.0571. The molecule has 0 radical (unpaired) electrons. The Kier molecular flexibility index (Phi) is 6.15. The van der Waals surface area contributed by atoms with Crippen LogP contribution in [0.15, 0.2) is 39.7 Å². The Morgan fingerprint density at radius 3 is 2.10 bits per heavy atom. The molecule has 0 aliphatic heterocycles. The Labute approximate surface area is 177 Å². The number of carbonyl (C=O) groups excluding carboxylic acids is 2. The monoisotopic (exact) mass is 428 g/mol. The van der Waals surface area contributed by atoms with E-state index >= 15 is 0 Å². The zero-order valence-electron chi connectivity index (χ0n) is 17.6. The molecule has 0 fully saturated rings. The van der Waals surface area contributed by atoms with Crippen LogP contribution in [0.25, 0.3) is 22.1 Å². The molecule has 162 valence electrons. The second-order valence-corrected chi connectivity index (χ2v) is 6.34. The Bertz CT molecular complexity index is 1220. The molecular formula is C22H20O9. The van der Waals surface area contributed by atoms with Gasteiger partial charge in [0.25, 0.3) is 0 Å². The van der Waals surface area contributed by atoms with Gasteiger partial charge < -0.3 is 28.1 Å². The van der Waals surface area contributed by atoms with Crippen molar-refractivity contribution < 1.29 is 37.7 Å². The highest BCUT2D eigenvalue weighted by Crippen LogP contribution is 2.43. The fourth-order valence-electron chi connectivity index (χ4n) is 3.08. The van der Waals surface area contributed by atoms with E-state index in [1.54, 1.807) is 18.2 Å². The highest BCUT2D eigenvalue weighted by Gasteiger charge is 2.25. The molecule has 3 rings (SSSR count). The fraction of sp³-hybridized carbons (Fsp3) is 0.227. The van der Waals surface area contributed by atoms with Crippen LogP contribution >= 0.6 is 0 Å². The number of ether oxygens (including phenoxy) is 5. The molecule has 9 heteroatoms. The number of hydrogen-bond donors (Lipinski definition) is 0. The molecule has 0 saturated carbocycles. The quantitative estimate of drug-likeness (QED) is 0.431. The lowest BCUT2D eigenvalue weighted by atomic mass is 10.0. The summed E-state index contributed by atoms with van der Waals surface area (Å²) in [6.45, 7) is 2.37. The zero-order valence-corrected chi connectivity index (χ0v) is 17.6. The van der Waals surface area contributed by atoms with Gasteiger partial charge in [0.2, 0.25) is 11.2 Å². The minimum absolute atomic E-state index is 0.0366. The van der Waals surface area contributed by atoms with Crippen molar-refractivity contribution in [2.24, 2.45) is 0 Å². The van der Waals surface area contributed by atoms with Crippen LogP contribution in [0.1, 0.15) is 13.8 Å². The van der Waals surface area contributed by atoms with Gasteiger partial charge in [0.05, 0.1) is 26.9 Å². The van der Waals surface area contributed by atoms with Crippen LogP contribution < -0.4 is 29.1 Å². The molecule has 1 aromatic heterocycles. The molecule has 0 unspecified atom stereocenters. The normalized spacial score (nSPS) is 10.5. The number of methoxy groups -OCH3 is 3. The molecule has 1 heterocycles. The van der Waals surface area contributed by atoms with Gasteiger partial charge in [0, 0.05) is 31.5 Å². The van der Waals surface area contributed by atoms with Crippen molar-refractivity contribution in [1.82, 2.24) is 0 Å². The maximum atomic E-state index is 13.5. The average molecular weight is 428 g/mol. The number of esters is 2. The highest BCUT2D eigenvalue weighted by molar-refractivity contribution is 5.94. The number of rotatable bonds is 6. The van der Waals surface area contributed by atoms with Gasteiger partial charge in [-0.25, -0.2) is 0 Å². The lowest BCUT2D eigenvalue weighted by molar-refractivity contribution is -0.132. The fourth-order valence-corrected chi connectivity index (χ4v) is 3.08. The summed E-state index contributed by atoms with van der Waals surface area (Å²) in [6, 6.07) is 6.25. The smallest absolute Gasteiger partial charge is 0.308 e. The second-order valence-electron chi connectivity index (χ2n) is 6.34. The first kappa shape index (κ1) is 21.7. The summed E-state index contributed by atoms with van der Waals surface area (Å²) in [7, 11) is 4.26. The van der Waals surface area contributed by atoms with Gasteiger partial charge in [-0.2, -0.15) is 0 Å². The van der Waals surface area contributed by atoms with E-state index in [0.717, 1.165) is 0 Å². The molecule has 3 aromatic rings. The predicted octanol–water partition coefficient (Wildman–Crippen LogP) is 3.34. The summed E-state index contributed by atoms with van der Waals surface area (Å²) >= 11 is 0. The molecular weight excluding hydrogens is 408 g/mol. The van der Waals surface area contributed by atoms with E-state index in [1.165, 1.54) is 47.5 Å². The molecule has 0 saturated heterocycles. The second kappa shape index (κ2) is 8.78. The van der Waals surface area contributed by atoms with Gasteiger partial charge >= 0.3 is 11.9 Å². The lowest BCUT2D eigenvalue weighted by Gasteiger charge is -2.15. The Hall–Kier alpha value is -4.01. The van der Waals surface area contributed by atoms with Gasteiger partial charge in [-0.15, -0.1) is 0 Å². The summed E-state index contributed by atoms with van der Waals surface area (Å²) in [6.07, 6.45) is 1.25. The Balaban J connectivity index is 2.37. The third-order valence-corrected chi connectivity index (χ3v) is 4.34. The maximum Gasteiger partial charge on any atom is 0.308 e. The van der Waals surface area contributed by atoms with Crippen LogP contribution in [0.3, 0.4) is 0 Å². The molecule has 2 aromatic carbocycles. The summed E-state index contributed by atoms with van der Waals surface area (Å²) in [4.78, 5) is 36.7. The number of benzene rings is 2. The first-order valence-corrected chi connectivity index (χ1v) is 9.06. The van der Waals surface area contributed by atoms with Crippen molar-refractivity contribution in [3.63, 3.8) is 0 Å². The highest BCUT2D eigenvalue weighted by atomic mass is 16.6. The van der Waals surface area contributed by atoms with E-state index in [9.17, 15) is 14.4 Å². The molecule has 0 bridgehead atoms. The van der Waals surface area contributed by atoms with E-state index in [2.05, 4.69) is 0 Å². The number of hydrogen-bond acceptors (Lipinski definition) is 9. The first-order valence-electron chi connectivity index (χ1n) is 9.06.